The summed E-state index contributed by atoms with van der Waals surface area (Å²) in [6.07, 6.45) is 3.45. The number of unbranched alkanes of at least 4 members (excludes halogenated alkanes) is 1. The van der Waals surface area contributed by atoms with Crippen molar-refractivity contribution >= 4 is 29.3 Å². The van der Waals surface area contributed by atoms with E-state index >= 15 is 0 Å². The van der Waals surface area contributed by atoms with E-state index in [4.69, 9.17) is 0 Å². The van der Waals surface area contributed by atoms with Crippen molar-refractivity contribution < 1.29 is 24.0 Å². The van der Waals surface area contributed by atoms with Crippen LogP contribution in [0.5, 0.6) is 0 Å². The maximum Gasteiger partial charge on any atom is 0.245 e. The molecular weight excluding hydrogens is 460 g/mol. The third kappa shape index (κ3) is 7.71. The lowest BCUT2D eigenvalue weighted by molar-refractivity contribution is -0.141. The molecule has 1 fully saturated rings. The van der Waals surface area contributed by atoms with Gasteiger partial charge in [-0.1, -0.05) is 44.0 Å². The molecule has 1 saturated heterocycles. The highest BCUT2D eigenvalue weighted by Gasteiger charge is 2.37. The Bertz CT molecular complexity index is 949. The van der Waals surface area contributed by atoms with Crippen LogP contribution in [0.4, 0.5) is 0 Å². The number of nitrogens with zero attached hydrogens (tertiary/aromatic N) is 1. The Morgan fingerprint density at radius 1 is 1.11 bits per heavy atom. The van der Waals surface area contributed by atoms with Crippen molar-refractivity contribution in [2.45, 2.75) is 90.4 Å². The second kappa shape index (κ2) is 13.9. The van der Waals surface area contributed by atoms with Gasteiger partial charge < -0.3 is 20.9 Å². The molecule has 1 aliphatic heterocycles. The number of rotatable bonds is 13. The predicted molar refractivity (Wildman–Crippen MR) is 137 cm³/mol. The first kappa shape index (κ1) is 29.2. The van der Waals surface area contributed by atoms with Crippen LogP contribution in [-0.2, 0) is 30.5 Å². The summed E-state index contributed by atoms with van der Waals surface area (Å²) < 4.78 is 0. The van der Waals surface area contributed by atoms with Gasteiger partial charge in [-0.15, -0.1) is 0 Å². The van der Waals surface area contributed by atoms with Crippen LogP contribution in [0.2, 0.25) is 0 Å². The summed E-state index contributed by atoms with van der Waals surface area (Å²) in [6, 6.07) is 5.35. The fourth-order valence-electron chi connectivity index (χ4n) is 4.54. The van der Waals surface area contributed by atoms with Crippen molar-refractivity contribution in [1.29, 1.82) is 0 Å². The molecule has 1 aromatic rings. The lowest BCUT2D eigenvalue weighted by Crippen LogP contribution is -2.55. The first-order valence-corrected chi connectivity index (χ1v) is 12.8. The molecule has 2 rings (SSSR count). The average Bonchev–Trinajstić information content (AvgIpc) is 3.34. The minimum Gasteiger partial charge on any atom is -0.350 e. The minimum absolute atomic E-state index is 0.212. The third-order valence-corrected chi connectivity index (χ3v) is 6.69. The fourth-order valence-corrected chi connectivity index (χ4v) is 4.54. The van der Waals surface area contributed by atoms with Crippen LogP contribution >= 0.6 is 0 Å². The summed E-state index contributed by atoms with van der Waals surface area (Å²) in [7, 11) is 1.68. The molecule has 3 N–H and O–H groups in total. The van der Waals surface area contributed by atoms with Crippen LogP contribution in [0, 0.1) is 0 Å². The van der Waals surface area contributed by atoms with E-state index in [1.54, 1.807) is 37.1 Å². The highest BCUT2D eigenvalue weighted by molar-refractivity contribution is 6.05. The Hall–Kier alpha value is -3.07. The quantitative estimate of drug-likeness (QED) is 0.355. The summed E-state index contributed by atoms with van der Waals surface area (Å²) in [5.41, 5.74) is 1.36. The molecule has 9 nitrogen and oxygen atoms in total. The number of benzene rings is 1. The van der Waals surface area contributed by atoms with E-state index in [-0.39, 0.29) is 35.8 Å². The zero-order valence-electron chi connectivity index (χ0n) is 22.1. The highest BCUT2D eigenvalue weighted by atomic mass is 16.2. The SMILES string of the molecule is CCCC[C@H](NC(=O)[C@H](C)NC)C(=O)N1CCC[C@H]1C(=O)NCc1cccc(C(C(C)=O)C(C)=O)c1. The molecule has 3 amide bonds. The van der Waals surface area contributed by atoms with Gasteiger partial charge in [0.2, 0.25) is 17.7 Å². The van der Waals surface area contributed by atoms with Crippen molar-refractivity contribution in [1.82, 2.24) is 20.9 Å². The number of likely N-dealkylation sites (N-methyl/N-ethyl adjacent to an activating group) is 1. The number of nitrogens with one attached hydrogen (secondary N) is 3. The topological polar surface area (TPSA) is 125 Å². The molecule has 1 aromatic carbocycles. The van der Waals surface area contributed by atoms with E-state index < -0.39 is 24.0 Å². The van der Waals surface area contributed by atoms with Gasteiger partial charge in [0.05, 0.1) is 6.04 Å². The Morgan fingerprint density at radius 3 is 2.42 bits per heavy atom. The van der Waals surface area contributed by atoms with E-state index in [1.165, 1.54) is 13.8 Å². The molecule has 1 heterocycles. The van der Waals surface area contributed by atoms with E-state index in [0.29, 0.717) is 31.4 Å². The van der Waals surface area contributed by atoms with Crippen molar-refractivity contribution in [3.8, 4) is 0 Å². The number of carbonyl (C=O) groups excluding carboxylic acids is 5. The monoisotopic (exact) mass is 500 g/mol. The lowest BCUT2D eigenvalue weighted by Gasteiger charge is -2.29. The van der Waals surface area contributed by atoms with Gasteiger partial charge in [-0.2, -0.15) is 0 Å². The van der Waals surface area contributed by atoms with Crippen LogP contribution in [0.25, 0.3) is 0 Å². The highest BCUT2D eigenvalue weighted by Crippen LogP contribution is 2.22. The zero-order valence-corrected chi connectivity index (χ0v) is 22.1. The van der Waals surface area contributed by atoms with E-state index in [1.807, 2.05) is 13.0 Å². The van der Waals surface area contributed by atoms with Crippen LogP contribution < -0.4 is 16.0 Å². The normalized spacial score (nSPS) is 16.9. The minimum atomic E-state index is -0.815. The lowest BCUT2D eigenvalue weighted by atomic mass is 9.91. The summed E-state index contributed by atoms with van der Waals surface area (Å²) >= 11 is 0. The summed E-state index contributed by atoms with van der Waals surface area (Å²) in [5, 5.41) is 8.63. The van der Waals surface area contributed by atoms with Gasteiger partial charge in [0.25, 0.3) is 0 Å². The van der Waals surface area contributed by atoms with Gasteiger partial charge in [0.1, 0.15) is 29.6 Å². The zero-order chi connectivity index (χ0) is 26.8. The standard InChI is InChI=1S/C27H40N4O5/c1-6-7-12-22(30-25(34)17(2)28-5)27(36)31-14-9-13-23(31)26(35)29-16-20-10-8-11-21(15-20)24(18(3)32)19(4)33/h8,10-11,15,17,22-24,28H,6-7,9,12-14,16H2,1-5H3,(H,29,35)(H,30,34)/t17-,22-,23-/m0/s1. The van der Waals surface area contributed by atoms with Gasteiger partial charge in [-0.25, -0.2) is 0 Å². The van der Waals surface area contributed by atoms with Crippen molar-refractivity contribution in [3.05, 3.63) is 35.4 Å². The van der Waals surface area contributed by atoms with Crippen molar-refractivity contribution in [2.24, 2.45) is 0 Å². The number of ketones is 2. The van der Waals surface area contributed by atoms with Gasteiger partial charge in [0, 0.05) is 13.1 Å². The Kier molecular flexibility index (Phi) is 11.2. The smallest absolute Gasteiger partial charge is 0.245 e. The average molecular weight is 501 g/mol. The van der Waals surface area contributed by atoms with Gasteiger partial charge in [-0.05, 0) is 58.2 Å². The molecule has 0 bridgehead atoms. The molecule has 0 radical (unpaired) electrons. The molecule has 3 atom stereocenters. The molecular formula is C27H40N4O5. The number of hydrogen-bond acceptors (Lipinski definition) is 6. The maximum absolute atomic E-state index is 13.4. The number of likely N-dealkylation sites (tertiary alicyclic amines) is 1. The van der Waals surface area contributed by atoms with Gasteiger partial charge in [0.15, 0.2) is 0 Å². The first-order valence-electron chi connectivity index (χ1n) is 12.8. The van der Waals surface area contributed by atoms with Crippen molar-refractivity contribution in [3.63, 3.8) is 0 Å². The second-order valence-corrected chi connectivity index (χ2v) is 9.52. The second-order valence-electron chi connectivity index (χ2n) is 9.52. The van der Waals surface area contributed by atoms with E-state index in [2.05, 4.69) is 16.0 Å². The molecule has 0 aromatic heterocycles. The summed E-state index contributed by atoms with van der Waals surface area (Å²) in [6.45, 7) is 7.21. The number of carbonyl (C=O) groups is 5. The summed E-state index contributed by atoms with van der Waals surface area (Å²) in [5.74, 6) is -2.00. The number of amides is 3. The van der Waals surface area contributed by atoms with Gasteiger partial charge >= 0.3 is 0 Å². The molecule has 0 unspecified atom stereocenters. The molecule has 0 spiro atoms. The molecule has 36 heavy (non-hydrogen) atoms. The predicted octanol–water partition coefficient (Wildman–Crippen LogP) is 1.84. The maximum atomic E-state index is 13.4. The van der Waals surface area contributed by atoms with Crippen LogP contribution in [0.1, 0.15) is 76.8 Å². The molecule has 0 aliphatic carbocycles. The fraction of sp³-hybridized carbons (Fsp3) is 0.593. The van der Waals surface area contributed by atoms with Crippen LogP contribution in [0.15, 0.2) is 24.3 Å². The van der Waals surface area contributed by atoms with Crippen molar-refractivity contribution in [2.75, 3.05) is 13.6 Å². The third-order valence-electron chi connectivity index (χ3n) is 6.69. The van der Waals surface area contributed by atoms with E-state index in [0.717, 1.165) is 18.4 Å². The Morgan fingerprint density at radius 2 is 1.81 bits per heavy atom. The molecule has 0 saturated carbocycles. The summed E-state index contributed by atoms with van der Waals surface area (Å²) in [4.78, 5) is 64.3. The van der Waals surface area contributed by atoms with Crippen LogP contribution in [-0.4, -0.2) is 65.9 Å². The number of hydrogen-bond donors (Lipinski definition) is 3. The Labute approximate surface area is 213 Å². The van der Waals surface area contributed by atoms with Crippen LogP contribution in [0.3, 0.4) is 0 Å². The molecule has 198 valence electrons. The molecule has 1 aliphatic rings. The van der Waals surface area contributed by atoms with Gasteiger partial charge in [-0.3, -0.25) is 24.0 Å². The molecule has 9 heteroatoms. The van der Waals surface area contributed by atoms with E-state index in [9.17, 15) is 24.0 Å². The largest absolute Gasteiger partial charge is 0.350 e. The first-order chi connectivity index (χ1) is 17.1. The Balaban J connectivity index is 2.09. The number of Topliss-reactive ketones (excluding diaryl/α,β-unsaturated/α-hetero) is 2.